The van der Waals surface area contributed by atoms with Crippen LogP contribution in [-0.2, 0) is 9.59 Å². The summed E-state index contributed by atoms with van der Waals surface area (Å²) in [5, 5.41) is 9.37. The van der Waals surface area contributed by atoms with Gasteiger partial charge in [0.1, 0.15) is 0 Å². The highest BCUT2D eigenvalue weighted by molar-refractivity contribution is 5.82. The first-order valence-electron chi connectivity index (χ1n) is 12.7. The van der Waals surface area contributed by atoms with Crippen molar-refractivity contribution in [3.8, 4) is 0 Å². The monoisotopic (exact) mass is 423 g/mol. The number of hydrogen-bond donors (Lipinski definition) is 1. The number of carboxylic acids is 1. The number of aliphatic carboxylic acids is 1. The molecular formula is C26H49NO3. The van der Waals surface area contributed by atoms with Crippen molar-refractivity contribution in [2.24, 2.45) is 5.92 Å². The van der Waals surface area contributed by atoms with Crippen molar-refractivity contribution >= 4 is 11.9 Å². The predicted octanol–water partition coefficient (Wildman–Crippen LogP) is 7.37. The molecule has 0 aliphatic rings. The quantitative estimate of drug-likeness (QED) is 0.155. The second-order valence-electron chi connectivity index (χ2n) is 8.54. The molecule has 0 aromatic heterocycles. The predicted molar refractivity (Wildman–Crippen MR) is 128 cm³/mol. The first-order chi connectivity index (χ1) is 14.6. The minimum absolute atomic E-state index is 0.0581. The first kappa shape index (κ1) is 28.7. The molecule has 0 aromatic carbocycles. The molecule has 0 saturated carbocycles. The summed E-state index contributed by atoms with van der Waals surface area (Å²) in [7, 11) is 0. The molecule has 30 heavy (non-hydrogen) atoms. The maximum Gasteiger partial charge on any atom is 0.307 e. The molecule has 1 atom stereocenters. The van der Waals surface area contributed by atoms with Gasteiger partial charge in [0.15, 0.2) is 0 Å². The van der Waals surface area contributed by atoms with Crippen LogP contribution in [0.1, 0.15) is 124 Å². The number of carboxylic acid groups (broad SMARTS) is 1. The van der Waals surface area contributed by atoms with Crippen LogP contribution in [-0.4, -0.2) is 35.0 Å². The van der Waals surface area contributed by atoms with E-state index in [0.717, 1.165) is 6.42 Å². The molecule has 1 N–H and O–H groups in total. The molecule has 1 unspecified atom stereocenters. The van der Waals surface area contributed by atoms with E-state index in [1.165, 1.54) is 83.5 Å². The largest absolute Gasteiger partial charge is 0.481 e. The van der Waals surface area contributed by atoms with E-state index >= 15 is 0 Å². The molecule has 0 heterocycles. The van der Waals surface area contributed by atoms with E-state index in [9.17, 15) is 14.7 Å². The van der Waals surface area contributed by atoms with Gasteiger partial charge >= 0.3 is 5.97 Å². The zero-order valence-corrected chi connectivity index (χ0v) is 20.2. The van der Waals surface area contributed by atoms with Crippen LogP contribution in [0.4, 0.5) is 0 Å². The minimum Gasteiger partial charge on any atom is -0.481 e. The lowest BCUT2D eigenvalue weighted by atomic mass is 10.00. The second kappa shape index (κ2) is 20.9. The van der Waals surface area contributed by atoms with E-state index in [-0.39, 0.29) is 12.3 Å². The van der Waals surface area contributed by atoms with Gasteiger partial charge in [0.05, 0.1) is 5.92 Å². The van der Waals surface area contributed by atoms with E-state index in [4.69, 9.17) is 0 Å². The Balaban J connectivity index is 3.66. The fourth-order valence-corrected chi connectivity index (χ4v) is 3.85. The van der Waals surface area contributed by atoms with Crippen LogP contribution in [0.5, 0.6) is 0 Å². The third-order valence-corrected chi connectivity index (χ3v) is 5.95. The standard InChI is InChI=1S/C26H49NO3/c1-4-7-8-9-10-11-12-13-14-15-16-17-18-19-20-21-22-24(26(29)30)23-25(28)27(5-2)6-3/h20-21,24H,4-19,22-23H2,1-3H3,(H,29,30)/b21-20+. The van der Waals surface area contributed by atoms with Crippen LogP contribution in [0.15, 0.2) is 12.2 Å². The third-order valence-electron chi connectivity index (χ3n) is 5.95. The molecular weight excluding hydrogens is 374 g/mol. The van der Waals surface area contributed by atoms with Crippen LogP contribution < -0.4 is 0 Å². The Kier molecular flexibility index (Phi) is 20.0. The van der Waals surface area contributed by atoms with Gasteiger partial charge < -0.3 is 10.0 Å². The first-order valence-corrected chi connectivity index (χ1v) is 12.7. The normalized spacial score (nSPS) is 12.4. The highest BCUT2D eigenvalue weighted by Crippen LogP contribution is 2.15. The molecule has 176 valence electrons. The Morgan fingerprint density at radius 3 is 1.63 bits per heavy atom. The van der Waals surface area contributed by atoms with Crippen LogP contribution in [0, 0.1) is 5.92 Å². The highest BCUT2D eigenvalue weighted by Gasteiger charge is 2.22. The molecule has 0 aliphatic heterocycles. The van der Waals surface area contributed by atoms with E-state index in [1.54, 1.807) is 4.90 Å². The SMILES string of the molecule is CCCCCCCCCCCCCCC/C=C/CC(CC(=O)N(CC)CC)C(=O)O. The number of allylic oxidation sites excluding steroid dienone is 2. The van der Waals surface area contributed by atoms with Gasteiger partial charge in [-0.05, 0) is 33.1 Å². The van der Waals surface area contributed by atoms with Gasteiger partial charge in [-0.15, -0.1) is 0 Å². The number of unbranched alkanes of at least 4 members (excludes halogenated alkanes) is 13. The Hall–Kier alpha value is -1.32. The summed E-state index contributed by atoms with van der Waals surface area (Å²) in [6, 6.07) is 0. The number of carbonyl (C=O) groups is 2. The van der Waals surface area contributed by atoms with E-state index < -0.39 is 11.9 Å². The Labute approximate surface area is 186 Å². The smallest absolute Gasteiger partial charge is 0.307 e. The van der Waals surface area contributed by atoms with Crippen molar-refractivity contribution in [2.45, 2.75) is 124 Å². The summed E-state index contributed by atoms with van der Waals surface area (Å²) in [6.07, 6.45) is 23.2. The van der Waals surface area contributed by atoms with Crippen molar-refractivity contribution in [1.29, 1.82) is 0 Å². The molecule has 0 radical (unpaired) electrons. The zero-order chi connectivity index (χ0) is 22.5. The molecule has 0 bridgehead atoms. The van der Waals surface area contributed by atoms with E-state index in [0.29, 0.717) is 19.5 Å². The summed E-state index contributed by atoms with van der Waals surface area (Å²) in [6.45, 7) is 7.39. The van der Waals surface area contributed by atoms with Crippen LogP contribution in [0.2, 0.25) is 0 Å². The molecule has 0 spiro atoms. The average Bonchev–Trinajstić information content (AvgIpc) is 2.73. The van der Waals surface area contributed by atoms with Crippen LogP contribution in [0.3, 0.4) is 0 Å². The molecule has 4 heteroatoms. The summed E-state index contributed by atoms with van der Waals surface area (Å²) in [5.74, 6) is -1.54. The number of hydrogen-bond acceptors (Lipinski definition) is 2. The molecule has 0 aliphatic carbocycles. The summed E-state index contributed by atoms with van der Waals surface area (Å²) >= 11 is 0. The lowest BCUT2D eigenvalue weighted by molar-refractivity contribution is -0.145. The maximum atomic E-state index is 12.1. The van der Waals surface area contributed by atoms with Gasteiger partial charge in [0.2, 0.25) is 5.91 Å². The Morgan fingerprint density at radius 1 is 0.733 bits per heavy atom. The Morgan fingerprint density at radius 2 is 1.20 bits per heavy atom. The van der Waals surface area contributed by atoms with Gasteiger partial charge in [-0.1, -0.05) is 96.1 Å². The van der Waals surface area contributed by atoms with E-state index in [2.05, 4.69) is 13.0 Å². The van der Waals surface area contributed by atoms with Gasteiger partial charge in [-0.2, -0.15) is 0 Å². The number of rotatable bonds is 21. The summed E-state index contributed by atoms with van der Waals surface area (Å²) in [5.41, 5.74) is 0. The van der Waals surface area contributed by atoms with Crippen LogP contribution >= 0.6 is 0 Å². The summed E-state index contributed by atoms with van der Waals surface area (Å²) < 4.78 is 0. The van der Waals surface area contributed by atoms with Crippen molar-refractivity contribution in [3.63, 3.8) is 0 Å². The van der Waals surface area contributed by atoms with Crippen LogP contribution in [0.25, 0.3) is 0 Å². The van der Waals surface area contributed by atoms with E-state index in [1.807, 2.05) is 19.9 Å². The van der Waals surface area contributed by atoms with Crippen molar-refractivity contribution < 1.29 is 14.7 Å². The zero-order valence-electron chi connectivity index (χ0n) is 20.2. The van der Waals surface area contributed by atoms with Crippen molar-refractivity contribution in [3.05, 3.63) is 12.2 Å². The molecule has 0 saturated heterocycles. The number of carbonyl (C=O) groups excluding carboxylic acids is 1. The van der Waals surface area contributed by atoms with Crippen molar-refractivity contribution in [1.82, 2.24) is 4.90 Å². The lowest BCUT2D eigenvalue weighted by Crippen LogP contribution is -2.33. The van der Waals surface area contributed by atoms with Gasteiger partial charge in [0.25, 0.3) is 0 Å². The second-order valence-corrected chi connectivity index (χ2v) is 8.54. The topological polar surface area (TPSA) is 57.6 Å². The lowest BCUT2D eigenvalue weighted by Gasteiger charge is -2.20. The average molecular weight is 424 g/mol. The third kappa shape index (κ3) is 16.5. The van der Waals surface area contributed by atoms with Crippen molar-refractivity contribution in [2.75, 3.05) is 13.1 Å². The highest BCUT2D eigenvalue weighted by atomic mass is 16.4. The number of amides is 1. The molecule has 0 aromatic rings. The molecule has 0 rings (SSSR count). The maximum absolute atomic E-state index is 12.1. The minimum atomic E-state index is -0.874. The molecule has 1 amide bonds. The Bertz CT molecular complexity index is 444. The number of nitrogens with zero attached hydrogens (tertiary/aromatic N) is 1. The van der Waals surface area contributed by atoms with Gasteiger partial charge in [-0.25, -0.2) is 0 Å². The fraction of sp³-hybridized carbons (Fsp3) is 0.846. The fourth-order valence-electron chi connectivity index (χ4n) is 3.85. The molecule has 4 nitrogen and oxygen atoms in total. The molecule has 0 fully saturated rings. The van der Waals surface area contributed by atoms with Gasteiger partial charge in [0, 0.05) is 19.5 Å². The van der Waals surface area contributed by atoms with Gasteiger partial charge in [-0.3, -0.25) is 9.59 Å². The summed E-state index contributed by atoms with van der Waals surface area (Å²) in [4.78, 5) is 25.3.